The minimum atomic E-state index is -0.690. The van der Waals surface area contributed by atoms with E-state index in [0.29, 0.717) is 12.1 Å². The molecule has 2 aromatic heterocycles. The maximum Gasteiger partial charge on any atom is 0.308 e. The highest BCUT2D eigenvalue weighted by Gasteiger charge is 2.06. The van der Waals surface area contributed by atoms with Crippen LogP contribution in [-0.2, 0) is 6.42 Å². The van der Waals surface area contributed by atoms with Gasteiger partial charge < -0.3 is 0 Å². The summed E-state index contributed by atoms with van der Waals surface area (Å²) in [4.78, 5) is 11.7. The Bertz CT molecular complexity index is 708. The smallest absolute Gasteiger partial charge is 0.241 e. The van der Waals surface area contributed by atoms with Crippen LogP contribution in [0.15, 0.2) is 30.5 Å². The average molecular weight is 259 g/mol. The van der Waals surface area contributed by atoms with Crippen LogP contribution in [0.2, 0.25) is 0 Å². The summed E-state index contributed by atoms with van der Waals surface area (Å²) in [5.74, 6) is 0. The lowest BCUT2D eigenvalue weighted by molar-refractivity contribution is 0.533. The lowest BCUT2D eigenvalue weighted by Gasteiger charge is -1.95. The van der Waals surface area contributed by atoms with E-state index in [0.717, 1.165) is 15.2 Å². The minimum absolute atomic E-state index is 0.540. The van der Waals surface area contributed by atoms with Crippen molar-refractivity contribution >= 4 is 21.6 Å². The molecule has 0 atom stereocenters. The fraction of sp³-hybridized carbons (Fsp3) is 0.154. The van der Waals surface area contributed by atoms with Crippen LogP contribution in [0.3, 0.4) is 0 Å². The number of thiazole rings is 1. The first kappa shape index (κ1) is 11.2. The summed E-state index contributed by atoms with van der Waals surface area (Å²) in [7, 11) is 0. The Morgan fingerprint density at radius 2 is 2.11 bits per heavy atom. The molecule has 0 aliphatic heterocycles. The van der Waals surface area contributed by atoms with Crippen LogP contribution in [0.5, 0.6) is 0 Å². The van der Waals surface area contributed by atoms with E-state index >= 15 is 0 Å². The highest BCUT2D eigenvalue weighted by molar-refractivity contribution is 7.18. The molecule has 2 heterocycles. The number of nitrogens with zero attached hydrogens (tertiary/aromatic N) is 3. The van der Waals surface area contributed by atoms with Gasteiger partial charge in [0.2, 0.25) is 0 Å². The average Bonchev–Trinajstić information content (AvgIpc) is 2.70. The van der Waals surface area contributed by atoms with Gasteiger partial charge in [0.05, 0.1) is 20.9 Å². The van der Waals surface area contributed by atoms with Crippen molar-refractivity contribution in [3.63, 3.8) is 0 Å². The van der Waals surface area contributed by atoms with Crippen LogP contribution in [0.25, 0.3) is 10.2 Å². The summed E-state index contributed by atoms with van der Waals surface area (Å²) < 4.78 is 14.0. The highest BCUT2D eigenvalue weighted by atomic mass is 32.1. The van der Waals surface area contributed by atoms with Crippen molar-refractivity contribution in [3.05, 3.63) is 52.8 Å². The molecule has 3 aromatic rings. The van der Waals surface area contributed by atoms with Crippen LogP contribution in [0, 0.1) is 13.0 Å². The van der Waals surface area contributed by atoms with Gasteiger partial charge in [0.25, 0.3) is 0 Å². The zero-order chi connectivity index (χ0) is 12.5. The zero-order valence-electron chi connectivity index (χ0n) is 9.72. The Labute approximate surface area is 107 Å². The Morgan fingerprint density at radius 1 is 1.22 bits per heavy atom. The minimum Gasteiger partial charge on any atom is -0.241 e. The third kappa shape index (κ3) is 2.22. The molecular formula is C13H10FN3S. The molecule has 1 aromatic carbocycles. The number of halogens is 1. The standard InChI is InChI=1S/C13H10FN3S/c1-8-2-3-10-11(6-8)18-12(17-10)7-9-4-5-15-13(14)16-9/h2-6H,7H2,1H3. The lowest BCUT2D eigenvalue weighted by atomic mass is 10.2. The Hall–Kier alpha value is -1.88. The monoisotopic (exact) mass is 259 g/mol. The van der Waals surface area contributed by atoms with Gasteiger partial charge in [-0.15, -0.1) is 11.3 Å². The summed E-state index contributed by atoms with van der Waals surface area (Å²) in [6.07, 6.45) is 1.27. The topological polar surface area (TPSA) is 38.7 Å². The maximum atomic E-state index is 12.9. The van der Waals surface area contributed by atoms with E-state index in [1.54, 1.807) is 17.4 Å². The second kappa shape index (κ2) is 4.42. The molecule has 0 saturated carbocycles. The molecule has 0 fully saturated rings. The van der Waals surface area contributed by atoms with Gasteiger partial charge in [-0.1, -0.05) is 6.07 Å². The van der Waals surface area contributed by atoms with Gasteiger partial charge in [0, 0.05) is 12.6 Å². The van der Waals surface area contributed by atoms with Crippen molar-refractivity contribution < 1.29 is 4.39 Å². The fourth-order valence-electron chi connectivity index (χ4n) is 1.78. The number of aryl methyl sites for hydroxylation is 1. The molecule has 0 N–H and O–H groups in total. The molecule has 0 radical (unpaired) electrons. The Balaban J connectivity index is 1.95. The van der Waals surface area contributed by atoms with Crippen molar-refractivity contribution in [3.8, 4) is 0 Å². The third-order valence-corrected chi connectivity index (χ3v) is 3.62. The molecule has 0 aliphatic carbocycles. The van der Waals surface area contributed by atoms with E-state index in [-0.39, 0.29) is 0 Å². The normalized spacial score (nSPS) is 11.0. The van der Waals surface area contributed by atoms with Gasteiger partial charge in [0.15, 0.2) is 0 Å². The number of hydrogen-bond acceptors (Lipinski definition) is 4. The second-order valence-electron chi connectivity index (χ2n) is 4.07. The first-order valence-corrected chi connectivity index (χ1v) is 6.36. The molecule has 0 aliphatic rings. The van der Waals surface area contributed by atoms with Crippen LogP contribution < -0.4 is 0 Å². The van der Waals surface area contributed by atoms with E-state index in [9.17, 15) is 4.39 Å². The first-order chi connectivity index (χ1) is 8.70. The molecule has 3 rings (SSSR count). The molecule has 3 nitrogen and oxygen atoms in total. The van der Waals surface area contributed by atoms with Crippen molar-refractivity contribution in [2.24, 2.45) is 0 Å². The summed E-state index contributed by atoms with van der Waals surface area (Å²) in [6, 6.07) is 7.86. The van der Waals surface area contributed by atoms with Gasteiger partial charge in [-0.2, -0.15) is 4.39 Å². The van der Waals surface area contributed by atoms with Crippen LogP contribution in [-0.4, -0.2) is 15.0 Å². The number of benzene rings is 1. The van der Waals surface area contributed by atoms with E-state index in [1.807, 2.05) is 12.1 Å². The predicted molar refractivity (Wildman–Crippen MR) is 69.2 cm³/mol. The second-order valence-corrected chi connectivity index (χ2v) is 5.19. The number of rotatable bonds is 2. The van der Waals surface area contributed by atoms with Crippen LogP contribution in [0.1, 0.15) is 16.3 Å². The lowest BCUT2D eigenvalue weighted by Crippen LogP contribution is -1.95. The quantitative estimate of drug-likeness (QED) is 0.664. The Kier molecular flexibility index (Phi) is 2.76. The molecule has 0 amide bonds. The SMILES string of the molecule is Cc1ccc2nc(Cc3ccnc(F)n3)sc2c1. The van der Waals surface area contributed by atoms with Crippen molar-refractivity contribution in [1.82, 2.24) is 15.0 Å². The van der Waals surface area contributed by atoms with Crippen molar-refractivity contribution in [2.45, 2.75) is 13.3 Å². The van der Waals surface area contributed by atoms with Crippen molar-refractivity contribution in [1.29, 1.82) is 0 Å². The molecule has 0 saturated heterocycles. The van der Waals surface area contributed by atoms with E-state index in [4.69, 9.17) is 0 Å². The number of aromatic nitrogens is 3. The molecule has 18 heavy (non-hydrogen) atoms. The number of hydrogen-bond donors (Lipinski definition) is 0. The molecule has 0 spiro atoms. The van der Waals surface area contributed by atoms with Crippen molar-refractivity contribution in [2.75, 3.05) is 0 Å². The first-order valence-electron chi connectivity index (χ1n) is 5.54. The van der Waals surface area contributed by atoms with Crippen LogP contribution >= 0.6 is 11.3 Å². The molecule has 0 unspecified atom stereocenters. The van der Waals surface area contributed by atoms with E-state index in [1.165, 1.54) is 11.8 Å². The largest absolute Gasteiger partial charge is 0.308 e. The molecule has 90 valence electrons. The van der Waals surface area contributed by atoms with Crippen LogP contribution in [0.4, 0.5) is 4.39 Å². The summed E-state index contributed by atoms with van der Waals surface area (Å²) in [6.45, 7) is 2.05. The Morgan fingerprint density at radius 3 is 2.94 bits per heavy atom. The zero-order valence-corrected chi connectivity index (χ0v) is 10.5. The van der Waals surface area contributed by atoms with E-state index in [2.05, 4.69) is 27.9 Å². The molecular weight excluding hydrogens is 249 g/mol. The number of fused-ring (bicyclic) bond motifs is 1. The van der Waals surface area contributed by atoms with Gasteiger partial charge in [-0.3, -0.25) is 0 Å². The van der Waals surface area contributed by atoms with E-state index < -0.39 is 6.08 Å². The van der Waals surface area contributed by atoms with Gasteiger partial charge in [0.1, 0.15) is 0 Å². The third-order valence-electron chi connectivity index (χ3n) is 2.60. The summed E-state index contributed by atoms with van der Waals surface area (Å²) >= 11 is 1.62. The van der Waals surface area contributed by atoms with Gasteiger partial charge >= 0.3 is 6.08 Å². The summed E-state index contributed by atoms with van der Waals surface area (Å²) in [5, 5.41) is 0.939. The summed E-state index contributed by atoms with van der Waals surface area (Å²) in [5.41, 5.74) is 2.85. The maximum absolute atomic E-state index is 12.9. The highest BCUT2D eigenvalue weighted by Crippen LogP contribution is 2.24. The van der Waals surface area contributed by atoms with Gasteiger partial charge in [-0.05, 0) is 30.7 Å². The molecule has 5 heteroatoms. The van der Waals surface area contributed by atoms with Gasteiger partial charge in [-0.25, -0.2) is 15.0 Å². The fourth-order valence-corrected chi connectivity index (χ4v) is 2.86. The molecule has 0 bridgehead atoms. The predicted octanol–water partition coefficient (Wildman–Crippen LogP) is 3.12.